The highest BCUT2D eigenvalue weighted by Crippen LogP contribution is 2.28. The third-order valence-electron chi connectivity index (χ3n) is 8.47. The summed E-state index contributed by atoms with van der Waals surface area (Å²) < 4.78 is 11.8. The molecular weight excluding hydrogens is 544 g/mol. The number of methoxy groups -OCH3 is 2. The van der Waals surface area contributed by atoms with E-state index >= 15 is 0 Å². The van der Waals surface area contributed by atoms with Crippen molar-refractivity contribution in [1.82, 2.24) is 25.4 Å². The number of carbonyl (C=O) groups excluding carboxylic acids is 2. The van der Waals surface area contributed by atoms with Gasteiger partial charge in [0.05, 0.1) is 11.4 Å². The zero-order valence-corrected chi connectivity index (χ0v) is 27.6. The number of hydrogen-bond donors (Lipinski definition) is 2. The molecule has 236 valence electrons. The summed E-state index contributed by atoms with van der Waals surface area (Å²) in [6.07, 6.45) is 0. The molecule has 3 heterocycles. The van der Waals surface area contributed by atoms with Gasteiger partial charge in [0.2, 0.25) is 0 Å². The Morgan fingerprint density at radius 3 is 1.49 bits per heavy atom. The Morgan fingerprint density at radius 2 is 1.12 bits per heavy atom. The van der Waals surface area contributed by atoms with Crippen molar-refractivity contribution >= 4 is 17.5 Å². The second-order valence-corrected chi connectivity index (χ2v) is 14.1. The van der Waals surface area contributed by atoms with Crippen LogP contribution in [0.5, 0.6) is 0 Å². The molecular formula is C33H50N6O4. The topological polar surface area (TPSA) is 99.3 Å². The third-order valence-corrected chi connectivity index (χ3v) is 8.47. The lowest BCUT2D eigenvalue weighted by Gasteiger charge is -2.43. The maximum atomic E-state index is 13.8. The van der Waals surface area contributed by atoms with Crippen LogP contribution in [-0.2, 0) is 32.2 Å². The van der Waals surface area contributed by atoms with Crippen LogP contribution in [0.2, 0.25) is 0 Å². The molecule has 4 atom stereocenters. The van der Waals surface area contributed by atoms with E-state index in [1.807, 2.05) is 55.6 Å². The summed E-state index contributed by atoms with van der Waals surface area (Å²) in [5, 5.41) is 6.49. The van der Waals surface area contributed by atoms with Crippen molar-refractivity contribution in [3.05, 3.63) is 47.8 Å². The molecule has 0 aliphatic carbocycles. The molecule has 4 bridgehead atoms. The van der Waals surface area contributed by atoms with E-state index in [2.05, 4.69) is 61.7 Å². The molecule has 1 aromatic carbocycles. The Balaban J connectivity index is 1.93. The molecule has 10 heteroatoms. The van der Waals surface area contributed by atoms with Crippen LogP contribution < -0.4 is 15.5 Å². The fraction of sp³-hybridized carbons (Fsp3) is 0.606. The van der Waals surface area contributed by atoms with E-state index in [-0.39, 0.29) is 11.8 Å². The first-order chi connectivity index (χ1) is 20.0. The molecule has 2 aliphatic rings. The number of anilines is 1. The molecule has 0 fully saturated rings. The quantitative estimate of drug-likeness (QED) is 0.558. The Bertz CT molecular complexity index is 1250. The molecule has 0 saturated heterocycles. The number of pyridine rings is 1. The lowest BCUT2D eigenvalue weighted by Crippen LogP contribution is -2.65. The van der Waals surface area contributed by atoms with Gasteiger partial charge in [-0.25, -0.2) is 0 Å². The molecule has 10 nitrogen and oxygen atoms in total. The predicted octanol–water partition coefficient (Wildman–Crippen LogP) is 3.05. The van der Waals surface area contributed by atoms with Crippen LogP contribution in [0.3, 0.4) is 0 Å². The minimum absolute atomic E-state index is 0.182. The summed E-state index contributed by atoms with van der Waals surface area (Å²) in [5.41, 5.74) is 1.51. The van der Waals surface area contributed by atoms with Gasteiger partial charge in [-0.1, -0.05) is 12.1 Å². The summed E-state index contributed by atoms with van der Waals surface area (Å²) in [5.74, 6) is -0.363. The molecule has 4 rings (SSSR count). The number of hydrogen-bond acceptors (Lipinski definition) is 8. The van der Waals surface area contributed by atoms with Gasteiger partial charge in [-0.15, -0.1) is 0 Å². The number of benzene rings is 1. The standard InChI is InChI=1S/C33H50N6O4/c1-30(2)19-38-17-25-15-24(23-11-13-27(14-12-23)37(7)8)16-26(34-25)18-39(22-32(5,42-9)28(40)35-30)20-31(3,4)36-29(41)33(6,21-38)43-10/h11-16H,17-22H2,1-10H3,(H,35,40)(H,36,41)/t32-,33+. The second-order valence-electron chi connectivity index (χ2n) is 14.1. The molecule has 0 radical (unpaired) electrons. The van der Waals surface area contributed by atoms with Crippen molar-refractivity contribution in [2.24, 2.45) is 0 Å². The first kappa shape index (κ1) is 32.9. The summed E-state index contributed by atoms with van der Waals surface area (Å²) in [6, 6.07) is 12.8. The maximum Gasteiger partial charge on any atom is 0.253 e. The van der Waals surface area contributed by atoms with E-state index in [0.717, 1.165) is 28.2 Å². The van der Waals surface area contributed by atoms with Crippen molar-refractivity contribution in [3.63, 3.8) is 0 Å². The van der Waals surface area contributed by atoms with Gasteiger partial charge in [0.25, 0.3) is 11.8 Å². The molecule has 2 aliphatic heterocycles. The molecule has 2 aromatic rings. The predicted molar refractivity (Wildman–Crippen MR) is 170 cm³/mol. The van der Waals surface area contributed by atoms with Crippen molar-refractivity contribution in [3.8, 4) is 11.1 Å². The Hall–Kier alpha value is -3.05. The van der Waals surface area contributed by atoms with Gasteiger partial charge in [0.15, 0.2) is 11.2 Å². The Kier molecular flexibility index (Phi) is 9.28. The maximum absolute atomic E-state index is 13.8. The normalized spacial score (nSPS) is 29.3. The average molecular weight is 595 g/mol. The molecule has 0 saturated carbocycles. The summed E-state index contributed by atoms with van der Waals surface area (Å²) in [4.78, 5) is 39.2. The molecule has 1 aromatic heterocycles. The molecule has 2 unspecified atom stereocenters. The molecule has 2 amide bonds. The largest absolute Gasteiger partial charge is 0.378 e. The third kappa shape index (κ3) is 7.73. The van der Waals surface area contributed by atoms with Gasteiger partial charge in [0.1, 0.15) is 0 Å². The fourth-order valence-electron chi connectivity index (χ4n) is 6.11. The van der Waals surface area contributed by atoms with Crippen molar-refractivity contribution in [2.45, 2.75) is 76.9 Å². The van der Waals surface area contributed by atoms with Crippen LogP contribution in [0.4, 0.5) is 5.69 Å². The minimum atomic E-state index is -1.14. The summed E-state index contributed by atoms with van der Waals surface area (Å²) in [7, 11) is 7.21. The first-order valence-electron chi connectivity index (χ1n) is 14.9. The van der Waals surface area contributed by atoms with E-state index in [4.69, 9.17) is 14.5 Å². The van der Waals surface area contributed by atoms with Crippen LogP contribution in [0, 0.1) is 0 Å². The van der Waals surface area contributed by atoms with Crippen LogP contribution in [0.1, 0.15) is 52.9 Å². The van der Waals surface area contributed by atoms with E-state index in [0.29, 0.717) is 39.3 Å². The van der Waals surface area contributed by atoms with E-state index < -0.39 is 22.3 Å². The number of amides is 2. The van der Waals surface area contributed by atoms with Gasteiger partial charge < -0.3 is 25.0 Å². The highest BCUT2D eigenvalue weighted by atomic mass is 16.5. The van der Waals surface area contributed by atoms with Gasteiger partial charge >= 0.3 is 0 Å². The second kappa shape index (κ2) is 12.1. The number of ether oxygens (including phenoxy) is 2. The van der Waals surface area contributed by atoms with Crippen molar-refractivity contribution < 1.29 is 19.1 Å². The molecule has 0 spiro atoms. The lowest BCUT2D eigenvalue weighted by molar-refractivity contribution is -0.150. The van der Waals surface area contributed by atoms with Gasteiger partial charge in [0, 0.05) is 84.3 Å². The smallest absolute Gasteiger partial charge is 0.253 e. The van der Waals surface area contributed by atoms with Crippen LogP contribution >= 0.6 is 0 Å². The summed E-state index contributed by atoms with van der Waals surface area (Å²) >= 11 is 0. The van der Waals surface area contributed by atoms with E-state index in [1.54, 1.807) is 14.2 Å². The van der Waals surface area contributed by atoms with Gasteiger partial charge in [-0.2, -0.15) is 0 Å². The number of rotatable bonds is 4. The average Bonchev–Trinajstić information content (AvgIpc) is 2.91. The van der Waals surface area contributed by atoms with Gasteiger partial charge in [-0.05, 0) is 76.9 Å². The minimum Gasteiger partial charge on any atom is -0.378 e. The molecule has 2 N–H and O–H groups in total. The van der Waals surface area contributed by atoms with Crippen LogP contribution in [0.15, 0.2) is 36.4 Å². The molecule has 43 heavy (non-hydrogen) atoms. The van der Waals surface area contributed by atoms with Crippen molar-refractivity contribution in [1.29, 1.82) is 0 Å². The van der Waals surface area contributed by atoms with Gasteiger partial charge in [-0.3, -0.25) is 24.4 Å². The fourth-order valence-corrected chi connectivity index (χ4v) is 6.11. The number of nitrogens with one attached hydrogen (secondary N) is 2. The van der Waals surface area contributed by atoms with Crippen LogP contribution in [-0.4, -0.2) is 103 Å². The number of fused-ring (bicyclic) bond motifs is 2. The number of aromatic nitrogens is 1. The highest BCUT2D eigenvalue weighted by Gasteiger charge is 2.44. The Morgan fingerprint density at radius 1 is 0.698 bits per heavy atom. The zero-order valence-electron chi connectivity index (χ0n) is 27.6. The summed E-state index contributed by atoms with van der Waals surface area (Å²) in [6.45, 7) is 14.1. The number of nitrogens with zero attached hydrogens (tertiary/aromatic N) is 4. The van der Waals surface area contributed by atoms with Crippen LogP contribution in [0.25, 0.3) is 11.1 Å². The SMILES string of the molecule is CO[C@]1(C)CN2Cc3cc(-c4ccc(N(C)C)cc4)cc(n3)CN(CC(C)(C)NC1=O)C[C@](C)(OC)C(=O)NC(C)(C)C2. The van der Waals surface area contributed by atoms with Crippen molar-refractivity contribution in [2.75, 3.05) is 59.4 Å². The monoisotopic (exact) mass is 594 g/mol. The number of carbonyl (C=O) groups is 2. The Labute approximate surface area is 257 Å². The van der Waals surface area contributed by atoms with E-state index in [1.165, 1.54) is 0 Å². The zero-order chi connectivity index (χ0) is 31.8. The lowest BCUT2D eigenvalue weighted by atomic mass is 9.95. The first-order valence-corrected chi connectivity index (χ1v) is 14.9. The highest BCUT2D eigenvalue weighted by molar-refractivity contribution is 5.86. The van der Waals surface area contributed by atoms with E-state index in [9.17, 15) is 9.59 Å².